The average molecular weight is 617 g/mol. The second kappa shape index (κ2) is 15.6. The molecular formula is C31H39F3N6O4. The highest BCUT2D eigenvalue weighted by Gasteiger charge is 2.35. The van der Waals surface area contributed by atoms with Crippen molar-refractivity contribution in [3.63, 3.8) is 0 Å². The Bertz CT molecular complexity index is 1370. The second-order valence-corrected chi connectivity index (χ2v) is 11.1. The fourth-order valence-electron chi connectivity index (χ4n) is 4.36. The molecule has 1 aliphatic rings. The average Bonchev–Trinajstić information content (AvgIpc) is 3.64. The molecule has 0 radical (unpaired) electrons. The molecule has 0 saturated carbocycles. The fourth-order valence-corrected chi connectivity index (χ4v) is 4.36. The van der Waals surface area contributed by atoms with Gasteiger partial charge in [0.25, 0.3) is 5.91 Å². The number of hydrogen-bond donors (Lipinski definition) is 3. The molecule has 44 heavy (non-hydrogen) atoms. The molecular weight excluding hydrogens is 577 g/mol. The van der Waals surface area contributed by atoms with E-state index in [2.05, 4.69) is 27.6 Å². The maximum atomic E-state index is 13.5. The molecule has 1 aromatic heterocycles. The third-order valence-corrected chi connectivity index (χ3v) is 6.82. The summed E-state index contributed by atoms with van der Waals surface area (Å²) in [5.74, 6) is -1.34. The molecule has 0 aliphatic carbocycles. The number of nitrogens with one attached hydrogen (secondary N) is 2. The van der Waals surface area contributed by atoms with Crippen LogP contribution in [-0.4, -0.2) is 70.9 Å². The summed E-state index contributed by atoms with van der Waals surface area (Å²) in [7, 11) is 2.17. The van der Waals surface area contributed by atoms with Gasteiger partial charge in [0.15, 0.2) is 5.82 Å². The minimum atomic E-state index is -4.67. The van der Waals surface area contributed by atoms with Crippen LogP contribution in [0.4, 0.5) is 19.0 Å². The van der Waals surface area contributed by atoms with Gasteiger partial charge in [-0.3, -0.25) is 9.59 Å². The first-order valence-corrected chi connectivity index (χ1v) is 14.2. The molecule has 2 atom stereocenters. The predicted octanol–water partition coefficient (Wildman–Crippen LogP) is 3.78. The monoisotopic (exact) mass is 616 g/mol. The molecule has 1 saturated heterocycles. The van der Waals surface area contributed by atoms with Crippen LogP contribution in [-0.2, 0) is 31.9 Å². The van der Waals surface area contributed by atoms with Gasteiger partial charge in [-0.15, -0.1) is 0 Å². The van der Waals surface area contributed by atoms with Crippen molar-refractivity contribution in [3.05, 3.63) is 83.8 Å². The Labute approximate surface area is 254 Å². The number of likely N-dealkylation sites (tertiary alicyclic amines) is 1. The maximum absolute atomic E-state index is 13.5. The highest BCUT2D eigenvalue weighted by molar-refractivity contribution is 5.98. The third kappa shape index (κ3) is 10.3. The van der Waals surface area contributed by atoms with E-state index < -0.39 is 41.2 Å². The van der Waals surface area contributed by atoms with Crippen molar-refractivity contribution in [2.75, 3.05) is 32.1 Å². The number of aldehydes is 1. The first kappa shape index (κ1) is 34.4. The third-order valence-electron chi connectivity index (χ3n) is 6.82. The number of hydrogen-bond acceptors (Lipinski definition) is 7. The van der Waals surface area contributed by atoms with E-state index >= 15 is 0 Å². The minimum Gasteiger partial charge on any atom is -0.374 e. The van der Waals surface area contributed by atoms with Crippen LogP contribution >= 0.6 is 0 Å². The van der Waals surface area contributed by atoms with Crippen molar-refractivity contribution in [1.29, 1.82) is 0 Å². The standard InChI is InChI=1S/C26H28F3N5O4.C5H11N/c1-25(2,30)24(37)32-20(15-38-14-17-8-4-3-5-9-17)23(36)33-22-12-34(16-31-22)21(13-35)18-10-6-7-11-19(18)26(27,28)29;1-6-4-2-3-5-6/h3-13,16,20-21H,14-15,30H2,1-2H3,(H,32,37)(H,33,36);2-5H2,1H3. The van der Waals surface area contributed by atoms with Gasteiger partial charge in [-0.25, -0.2) is 4.98 Å². The zero-order valence-corrected chi connectivity index (χ0v) is 25.0. The molecule has 2 heterocycles. The normalized spacial score (nSPS) is 15.1. The number of anilines is 1. The van der Waals surface area contributed by atoms with Gasteiger partial charge >= 0.3 is 6.18 Å². The van der Waals surface area contributed by atoms with E-state index in [0.717, 1.165) is 22.5 Å². The van der Waals surface area contributed by atoms with Crippen LogP contribution in [0.2, 0.25) is 0 Å². The Morgan fingerprint density at radius 3 is 2.27 bits per heavy atom. The number of rotatable bonds is 11. The molecule has 1 fully saturated rings. The lowest BCUT2D eigenvalue weighted by Gasteiger charge is -2.23. The van der Waals surface area contributed by atoms with Gasteiger partial charge in [-0.2, -0.15) is 13.2 Å². The Morgan fingerprint density at radius 1 is 1.07 bits per heavy atom. The fraction of sp³-hybridized carbons (Fsp3) is 0.419. The molecule has 2 unspecified atom stereocenters. The van der Waals surface area contributed by atoms with Gasteiger partial charge in [0.2, 0.25) is 5.91 Å². The summed E-state index contributed by atoms with van der Waals surface area (Å²) >= 11 is 0. The van der Waals surface area contributed by atoms with Gasteiger partial charge in [0, 0.05) is 6.20 Å². The van der Waals surface area contributed by atoms with Crippen LogP contribution in [0.25, 0.3) is 0 Å². The summed E-state index contributed by atoms with van der Waals surface area (Å²) < 4.78 is 47.2. The van der Waals surface area contributed by atoms with E-state index in [4.69, 9.17) is 10.5 Å². The lowest BCUT2D eigenvalue weighted by Crippen LogP contribution is -2.56. The topological polar surface area (TPSA) is 132 Å². The number of alkyl halides is 3. The van der Waals surface area contributed by atoms with Crippen molar-refractivity contribution in [1.82, 2.24) is 19.8 Å². The van der Waals surface area contributed by atoms with Crippen LogP contribution in [0.15, 0.2) is 67.1 Å². The van der Waals surface area contributed by atoms with Crippen LogP contribution < -0.4 is 16.4 Å². The second-order valence-electron chi connectivity index (χ2n) is 11.1. The van der Waals surface area contributed by atoms with Gasteiger partial charge in [-0.05, 0) is 64.0 Å². The largest absolute Gasteiger partial charge is 0.416 e. The van der Waals surface area contributed by atoms with Crippen LogP contribution in [0, 0.1) is 0 Å². The van der Waals surface area contributed by atoms with Gasteiger partial charge in [-0.1, -0.05) is 48.5 Å². The quantitative estimate of drug-likeness (QED) is 0.280. The Morgan fingerprint density at radius 2 is 1.70 bits per heavy atom. The number of aromatic nitrogens is 2. The molecule has 0 spiro atoms. The number of ether oxygens (including phenoxy) is 1. The van der Waals surface area contributed by atoms with E-state index in [9.17, 15) is 27.6 Å². The summed E-state index contributed by atoms with van der Waals surface area (Å²) in [5, 5.41) is 5.04. The predicted molar refractivity (Wildman–Crippen MR) is 160 cm³/mol. The van der Waals surface area contributed by atoms with Crippen molar-refractivity contribution >= 4 is 23.9 Å². The molecule has 238 valence electrons. The summed E-state index contributed by atoms with van der Waals surface area (Å²) in [4.78, 5) is 43.6. The van der Waals surface area contributed by atoms with E-state index in [-0.39, 0.29) is 24.6 Å². The van der Waals surface area contributed by atoms with Gasteiger partial charge in [0.1, 0.15) is 18.4 Å². The Kier molecular flexibility index (Phi) is 12.2. The molecule has 13 heteroatoms. The number of halogens is 3. The first-order chi connectivity index (χ1) is 20.8. The van der Waals surface area contributed by atoms with Gasteiger partial charge < -0.3 is 35.4 Å². The summed E-state index contributed by atoms with van der Waals surface area (Å²) in [5.41, 5.74) is 4.19. The maximum Gasteiger partial charge on any atom is 0.416 e. The van der Waals surface area contributed by atoms with Crippen molar-refractivity contribution in [3.8, 4) is 0 Å². The molecule has 1 aliphatic heterocycles. The molecule has 4 N–H and O–H groups in total. The Hall–Kier alpha value is -4.07. The van der Waals surface area contributed by atoms with E-state index in [1.807, 2.05) is 30.3 Å². The molecule has 10 nitrogen and oxygen atoms in total. The number of carbonyl (C=O) groups is 3. The molecule has 2 amide bonds. The SMILES string of the molecule is CC(C)(N)C(=O)NC(COCc1ccccc1)C(=O)Nc1cn(C(C=O)c2ccccc2C(F)(F)F)cn1.CN1CCCC1. The van der Waals surface area contributed by atoms with Crippen LogP contribution in [0.1, 0.15) is 49.4 Å². The summed E-state index contributed by atoms with van der Waals surface area (Å²) in [6.07, 6.45) is 0.858. The highest BCUT2D eigenvalue weighted by Crippen LogP contribution is 2.35. The van der Waals surface area contributed by atoms with Crippen molar-refractivity contribution in [2.24, 2.45) is 5.73 Å². The number of amides is 2. The smallest absolute Gasteiger partial charge is 0.374 e. The van der Waals surface area contributed by atoms with Crippen molar-refractivity contribution in [2.45, 2.75) is 57.1 Å². The van der Waals surface area contributed by atoms with Crippen LogP contribution in [0.3, 0.4) is 0 Å². The summed E-state index contributed by atoms with van der Waals surface area (Å²) in [6.45, 7) is 5.57. The number of carbonyl (C=O) groups excluding carboxylic acids is 3. The zero-order valence-electron chi connectivity index (χ0n) is 25.0. The first-order valence-electron chi connectivity index (χ1n) is 14.2. The number of nitrogens with zero attached hydrogens (tertiary/aromatic N) is 3. The molecule has 3 aromatic rings. The lowest BCUT2D eigenvalue weighted by molar-refractivity contribution is -0.138. The number of benzene rings is 2. The van der Waals surface area contributed by atoms with E-state index in [1.54, 1.807) is 0 Å². The van der Waals surface area contributed by atoms with Crippen LogP contribution in [0.5, 0.6) is 0 Å². The van der Waals surface area contributed by atoms with Crippen molar-refractivity contribution < 1.29 is 32.3 Å². The molecule has 4 rings (SSSR count). The number of nitrogens with two attached hydrogens (primary N) is 1. The minimum absolute atomic E-state index is 0.0411. The number of imidazole rings is 1. The zero-order chi connectivity index (χ0) is 32.3. The van der Waals surface area contributed by atoms with E-state index in [1.165, 1.54) is 64.2 Å². The molecule has 2 aromatic carbocycles. The Balaban J connectivity index is 0.000000785. The van der Waals surface area contributed by atoms with E-state index in [0.29, 0.717) is 6.29 Å². The lowest BCUT2D eigenvalue weighted by atomic mass is 10.0. The van der Waals surface area contributed by atoms with Gasteiger partial charge in [0.05, 0.1) is 30.6 Å². The molecule has 0 bridgehead atoms. The highest BCUT2D eigenvalue weighted by atomic mass is 19.4. The summed E-state index contributed by atoms with van der Waals surface area (Å²) in [6, 6.07) is 11.4.